The van der Waals surface area contributed by atoms with E-state index in [1.807, 2.05) is 0 Å². The number of hydrogen-bond acceptors (Lipinski definition) is 2. The second kappa shape index (κ2) is 5.72. The van der Waals surface area contributed by atoms with Crippen molar-refractivity contribution in [2.24, 2.45) is 5.92 Å². The number of aromatic amines is 1. The van der Waals surface area contributed by atoms with E-state index in [0.29, 0.717) is 23.1 Å². The van der Waals surface area contributed by atoms with Crippen molar-refractivity contribution in [2.45, 2.75) is 50.6 Å². The Morgan fingerprint density at radius 3 is 2.67 bits per heavy atom. The zero-order valence-corrected chi connectivity index (χ0v) is 12.5. The fourth-order valence-corrected chi connectivity index (χ4v) is 3.96. The molecule has 1 aliphatic heterocycles. The van der Waals surface area contributed by atoms with Crippen LogP contribution in [0.5, 0.6) is 0 Å². The lowest BCUT2D eigenvalue weighted by molar-refractivity contribution is -0.146. The SMILES string of the molecule is O=C(O)C1CCC2CCCCC2N1C(=O)c1cc(Cl)c[nH]1. The van der Waals surface area contributed by atoms with Crippen molar-refractivity contribution >= 4 is 23.5 Å². The summed E-state index contributed by atoms with van der Waals surface area (Å²) in [6.45, 7) is 0. The maximum atomic E-state index is 12.8. The lowest BCUT2D eigenvalue weighted by Gasteiger charge is -2.47. The second-order valence-electron chi connectivity index (χ2n) is 5.99. The molecule has 5 nitrogen and oxygen atoms in total. The van der Waals surface area contributed by atoms with Gasteiger partial charge in [0, 0.05) is 12.2 Å². The van der Waals surface area contributed by atoms with E-state index in [9.17, 15) is 14.7 Å². The van der Waals surface area contributed by atoms with E-state index in [4.69, 9.17) is 11.6 Å². The summed E-state index contributed by atoms with van der Waals surface area (Å²) < 4.78 is 0. The van der Waals surface area contributed by atoms with Crippen molar-refractivity contribution in [1.29, 1.82) is 0 Å². The highest BCUT2D eigenvalue weighted by Gasteiger charge is 2.44. The summed E-state index contributed by atoms with van der Waals surface area (Å²) in [7, 11) is 0. The molecule has 1 saturated heterocycles. The summed E-state index contributed by atoms with van der Waals surface area (Å²) in [6, 6.07) is 0.886. The van der Waals surface area contributed by atoms with Crippen molar-refractivity contribution in [3.63, 3.8) is 0 Å². The molecule has 3 unspecified atom stereocenters. The summed E-state index contributed by atoms with van der Waals surface area (Å²) in [4.78, 5) is 28.7. The van der Waals surface area contributed by atoms with Crippen LogP contribution < -0.4 is 0 Å². The first-order valence-electron chi connectivity index (χ1n) is 7.47. The van der Waals surface area contributed by atoms with E-state index < -0.39 is 12.0 Å². The van der Waals surface area contributed by atoms with Crippen LogP contribution in [0, 0.1) is 5.92 Å². The van der Waals surface area contributed by atoms with E-state index in [2.05, 4.69) is 4.98 Å². The molecule has 2 heterocycles. The fourth-order valence-electron chi connectivity index (χ4n) is 3.80. The first-order valence-corrected chi connectivity index (χ1v) is 7.85. The number of carboxylic acids is 1. The van der Waals surface area contributed by atoms with E-state index in [1.165, 1.54) is 6.42 Å². The highest BCUT2D eigenvalue weighted by molar-refractivity contribution is 6.31. The third-order valence-electron chi connectivity index (χ3n) is 4.77. The number of hydrogen-bond donors (Lipinski definition) is 2. The van der Waals surface area contributed by atoms with Gasteiger partial charge in [0.05, 0.1) is 5.02 Å². The van der Waals surface area contributed by atoms with Crippen LogP contribution in [-0.4, -0.2) is 39.0 Å². The van der Waals surface area contributed by atoms with Gasteiger partial charge >= 0.3 is 5.97 Å². The third-order valence-corrected chi connectivity index (χ3v) is 4.99. The maximum Gasteiger partial charge on any atom is 0.326 e. The minimum Gasteiger partial charge on any atom is -0.480 e. The number of carboxylic acid groups (broad SMARTS) is 1. The largest absolute Gasteiger partial charge is 0.480 e. The number of carbonyl (C=O) groups is 2. The Hall–Kier alpha value is -1.49. The van der Waals surface area contributed by atoms with Crippen molar-refractivity contribution in [1.82, 2.24) is 9.88 Å². The number of halogens is 1. The number of aromatic nitrogens is 1. The molecule has 3 rings (SSSR count). The molecule has 1 amide bonds. The van der Waals surface area contributed by atoms with Gasteiger partial charge in [-0.3, -0.25) is 4.79 Å². The zero-order chi connectivity index (χ0) is 15.0. The van der Waals surface area contributed by atoms with E-state index in [1.54, 1.807) is 17.2 Å². The van der Waals surface area contributed by atoms with Gasteiger partial charge in [-0.15, -0.1) is 0 Å². The third kappa shape index (κ3) is 2.67. The van der Waals surface area contributed by atoms with E-state index >= 15 is 0 Å². The molecule has 2 N–H and O–H groups in total. The minimum absolute atomic E-state index is 0.0446. The Bertz CT molecular complexity index is 557. The molecule has 0 spiro atoms. The van der Waals surface area contributed by atoms with Gasteiger partial charge in [0.25, 0.3) is 5.91 Å². The summed E-state index contributed by atoms with van der Waals surface area (Å²) >= 11 is 5.86. The van der Waals surface area contributed by atoms with Crippen LogP contribution in [0.4, 0.5) is 0 Å². The predicted octanol–water partition coefficient (Wildman–Crippen LogP) is 2.92. The molecule has 1 aromatic rings. The summed E-state index contributed by atoms with van der Waals surface area (Å²) in [6.07, 6.45) is 7.21. The molecule has 114 valence electrons. The average Bonchev–Trinajstić information content (AvgIpc) is 2.91. The zero-order valence-electron chi connectivity index (χ0n) is 11.7. The number of fused-ring (bicyclic) bond motifs is 1. The van der Waals surface area contributed by atoms with Crippen LogP contribution in [-0.2, 0) is 4.79 Å². The molecule has 1 saturated carbocycles. The number of nitrogens with one attached hydrogen (secondary N) is 1. The average molecular weight is 311 g/mol. The normalized spacial score (nSPS) is 29.0. The summed E-state index contributed by atoms with van der Waals surface area (Å²) in [5.41, 5.74) is 0.373. The molecule has 21 heavy (non-hydrogen) atoms. The van der Waals surface area contributed by atoms with Crippen molar-refractivity contribution in [3.05, 3.63) is 23.0 Å². The topological polar surface area (TPSA) is 73.4 Å². The lowest BCUT2D eigenvalue weighted by Crippen LogP contribution is -2.57. The number of rotatable bonds is 2. The maximum absolute atomic E-state index is 12.8. The molecule has 2 aliphatic rings. The van der Waals surface area contributed by atoms with Crippen molar-refractivity contribution < 1.29 is 14.7 Å². The smallest absolute Gasteiger partial charge is 0.326 e. The molecule has 2 fully saturated rings. The van der Waals surface area contributed by atoms with Crippen LogP contribution >= 0.6 is 11.6 Å². The molecular formula is C15H19ClN2O3. The van der Waals surface area contributed by atoms with Crippen LogP contribution in [0.1, 0.15) is 49.0 Å². The molecular weight excluding hydrogens is 292 g/mol. The van der Waals surface area contributed by atoms with Crippen LogP contribution in [0.2, 0.25) is 5.02 Å². The minimum atomic E-state index is -0.912. The first kappa shape index (κ1) is 14.4. The van der Waals surface area contributed by atoms with Gasteiger partial charge in [0.1, 0.15) is 11.7 Å². The Labute approximate surface area is 128 Å². The fraction of sp³-hybridized carbons (Fsp3) is 0.600. The molecule has 6 heteroatoms. The van der Waals surface area contributed by atoms with Gasteiger partial charge in [-0.1, -0.05) is 24.4 Å². The van der Waals surface area contributed by atoms with Gasteiger partial charge in [-0.05, 0) is 37.7 Å². The van der Waals surface area contributed by atoms with Gasteiger partial charge in [0.15, 0.2) is 0 Å². The van der Waals surface area contributed by atoms with Crippen LogP contribution in [0.25, 0.3) is 0 Å². The monoisotopic (exact) mass is 310 g/mol. The number of aliphatic carboxylic acids is 1. The van der Waals surface area contributed by atoms with E-state index in [0.717, 1.165) is 25.7 Å². The lowest BCUT2D eigenvalue weighted by atomic mass is 9.76. The van der Waals surface area contributed by atoms with Crippen LogP contribution in [0.15, 0.2) is 12.3 Å². The highest BCUT2D eigenvalue weighted by atomic mass is 35.5. The Balaban J connectivity index is 1.92. The van der Waals surface area contributed by atoms with E-state index in [-0.39, 0.29) is 11.9 Å². The summed E-state index contributed by atoms with van der Waals surface area (Å²) in [5.74, 6) is -0.723. The standard InChI is InChI=1S/C15H19ClN2O3/c16-10-7-11(17-8-10)14(19)18-12-4-2-1-3-9(12)5-6-13(18)15(20)21/h7-9,12-13,17H,1-6H2,(H,20,21). The quantitative estimate of drug-likeness (QED) is 0.882. The molecule has 1 aliphatic carbocycles. The number of nitrogens with zero attached hydrogens (tertiary/aromatic N) is 1. The van der Waals surface area contributed by atoms with Gasteiger partial charge < -0.3 is 15.0 Å². The number of likely N-dealkylation sites (tertiary alicyclic amines) is 1. The molecule has 0 aromatic carbocycles. The predicted molar refractivity (Wildman–Crippen MR) is 78.4 cm³/mol. The summed E-state index contributed by atoms with van der Waals surface area (Å²) in [5, 5.41) is 9.93. The van der Waals surface area contributed by atoms with Gasteiger partial charge in [-0.2, -0.15) is 0 Å². The highest BCUT2D eigenvalue weighted by Crippen LogP contribution is 2.38. The number of carbonyl (C=O) groups excluding carboxylic acids is 1. The Kier molecular flexibility index (Phi) is 3.93. The van der Waals surface area contributed by atoms with Gasteiger partial charge in [0.2, 0.25) is 0 Å². The molecule has 0 bridgehead atoms. The number of amides is 1. The molecule has 3 atom stereocenters. The Morgan fingerprint density at radius 1 is 1.24 bits per heavy atom. The van der Waals surface area contributed by atoms with Crippen molar-refractivity contribution in [3.8, 4) is 0 Å². The Morgan fingerprint density at radius 2 is 2.00 bits per heavy atom. The number of H-pyrrole nitrogens is 1. The second-order valence-corrected chi connectivity index (χ2v) is 6.42. The first-order chi connectivity index (χ1) is 10.1. The molecule has 1 aromatic heterocycles. The van der Waals surface area contributed by atoms with Crippen LogP contribution in [0.3, 0.4) is 0 Å². The van der Waals surface area contributed by atoms with Gasteiger partial charge in [-0.25, -0.2) is 4.79 Å². The van der Waals surface area contributed by atoms with Crippen molar-refractivity contribution in [2.75, 3.05) is 0 Å². The number of piperidine rings is 1. The molecule has 0 radical (unpaired) electrons.